The quantitative estimate of drug-likeness (QED) is 0.904. The molecule has 116 valence electrons. The van der Waals surface area contributed by atoms with E-state index in [-0.39, 0.29) is 11.6 Å². The summed E-state index contributed by atoms with van der Waals surface area (Å²) >= 11 is 5.53. The van der Waals surface area contributed by atoms with Crippen LogP contribution in [0.5, 0.6) is 0 Å². The number of hydrogen-bond donors (Lipinski definition) is 1. The number of hydrogen-bond acceptors (Lipinski definition) is 2. The fraction of sp³-hybridized carbons (Fsp3) is 0.385. The van der Waals surface area contributed by atoms with Gasteiger partial charge in [-0.1, -0.05) is 18.5 Å². The second-order valence-corrected chi connectivity index (χ2v) is 4.74. The number of alkyl halides is 3. The first kappa shape index (κ1) is 17.3. The van der Waals surface area contributed by atoms with Crippen molar-refractivity contribution in [2.45, 2.75) is 19.5 Å². The molecule has 1 aromatic rings. The van der Waals surface area contributed by atoms with Crippen LogP contribution in [0.1, 0.15) is 29.3 Å². The highest BCUT2D eigenvalue weighted by atomic mass is 35.5. The fourth-order valence-corrected chi connectivity index (χ4v) is 1.97. The molecular formula is C13H13ClF3NO3. The van der Waals surface area contributed by atoms with E-state index in [9.17, 15) is 22.8 Å². The minimum absolute atomic E-state index is 0.0467. The highest BCUT2D eigenvalue weighted by Crippen LogP contribution is 2.34. The van der Waals surface area contributed by atoms with Crippen LogP contribution in [0.3, 0.4) is 0 Å². The highest BCUT2D eigenvalue weighted by molar-refractivity contribution is 6.30. The number of carboxylic acid groups (broad SMARTS) is 1. The van der Waals surface area contributed by atoms with E-state index in [2.05, 4.69) is 0 Å². The van der Waals surface area contributed by atoms with Crippen LogP contribution in [0.25, 0.3) is 0 Å². The molecule has 0 fully saturated rings. The van der Waals surface area contributed by atoms with Crippen molar-refractivity contribution < 1.29 is 27.9 Å². The van der Waals surface area contributed by atoms with Gasteiger partial charge in [0.15, 0.2) is 0 Å². The van der Waals surface area contributed by atoms with E-state index in [0.29, 0.717) is 12.5 Å². The number of carboxylic acids is 1. The lowest BCUT2D eigenvalue weighted by molar-refractivity contribution is -0.138. The molecule has 1 N–H and O–H groups in total. The maximum absolute atomic E-state index is 13.0. The summed E-state index contributed by atoms with van der Waals surface area (Å²) in [5.74, 6) is -2.28. The lowest BCUT2D eigenvalue weighted by atomic mass is 10.1. The van der Waals surface area contributed by atoms with Gasteiger partial charge < -0.3 is 10.0 Å². The summed E-state index contributed by atoms with van der Waals surface area (Å²) < 4.78 is 38.9. The van der Waals surface area contributed by atoms with Crippen molar-refractivity contribution in [3.05, 3.63) is 34.3 Å². The molecule has 0 saturated carbocycles. The molecule has 0 bridgehead atoms. The van der Waals surface area contributed by atoms with Crippen LogP contribution in [-0.4, -0.2) is 35.0 Å². The normalized spacial score (nSPS) is 11.3. The van der Waals surface area contributed by atoms with Crippen LogP contribution < -0.4 is 0 Å². The number of nitrogens with zero attached hydrogens (tertiary/aromatic N) is 1. The third-order valence-corrected chi connectivity index (χ3v) is 2.86. The summed E-state index contributed by atoms with van der Waals surface area (Å²) in [5.41, 5.74) is -1.78. The average Bonchev–Trinajstić information content (AvgIpc) is 2.36. The van der Waals surface area contributed by atoms with Gasteiger partial charge in [0.05, 0.1) is 11.1 Å². The standard InChI is InChI=1S/C13H13ClF3NO3/c1-2-5-18(7-11(19)20)12(21)9-4-3-8(14)6-10(9)13(15,16)17/h3-4,6H,2,5,7H2,1H3,(H,19,20). The molecule has 0 aliphatic carbocycles. The van der Waals surface area contributed by atoms with Gasteiger partial charge in [-0.3, -0.25) is 9.59 Å². The van der Waals surface area contributed by atoms with Crippen molar-refractivity contribution in [2.24, 2.45) is 0 Å². The number of halogens is 4. The van der Waals surface area contributed by atoms with Crippen LogP contribution in [0.15, 0.2) is 18.2 Å². The van der Waals surface area contributed by atoms with Crippen molar-refractivity contribution in [3.63, 3.8) is 0 Å². The van der Waals surface area contributed by atoms with Gasteiger partial charge in [-0.25, -0.2) is 0 Å². The molecule has 0 heterocycles. The maximum Gasteiger partial charge on any atom is 0.417 e. The van der Waals surface area contributed by atoms with E-state index < -0.39 is 35.7 Å². The molecule has 0 unspecified atom stereocenters. The predicted molar refractivity (Wildman–Crippen MR) is 70.3 cm³/mol. The molecule has 8 heteroatoms. The van der Waals surface area contributed by atoms with Crippen molar-refractivity contribution in [1.82, 2.24) is 4.90 Å². The number of carbonyl (C=O) groups excluding carboxylic acids is 1. The molecule has 4 nitrogen and oxygen atoms in total. The van der Waals surface area contributed by atoms with Crippen molar-refractivity contribution in [2.75, 3.05) is 13.1 Å². The van der Waals surface area contributed by atoms with E-state index in [0.717, 1.165) is 17.0 Å². The Morgan fingerprint density at radius 2 is 1.95 bits per heavy atom. The van der Waals surface area contributed by atoms with Crippen LogP contribution in [-0.2, 0) is 11.0 Å². The van der Waals surface area contributed by atoms with Crippen molar-refractivity contribution in [1.29, 1.82) is 0 Å². The zero-order chi connectivity index (χ0) is 16.2. The Kier molecular flexibility index (Phi) is 5.60. The molecule has 0 radical (unpaired) electrons. The highest BCUT2D eigenvalue weighted by Gasteiger charge is 2.36. The third kappa shape index (κ3) is 4.63. The predicted octanol–water partition coefficient (Wildman–Crippen LogP) is 3.30. The summed E-state index contributed by atoms with van der Waals surface area (Å²) in [6, 6.07) is 2.77. The maximum atomic E-state index is 13.0. The van der Waals surface area contributed by atoms with Gasteiger partial charge >= 0.3 is 12.1 Å². The molecule has 0 aliphatic rings. The number of benzene rings is 1. The van der Waals surface area contributed by atoms with Gasteiger partial charge in [0.1, 0.15) is 6.54 Å². The summed E-state index contributed by atoms with van der Waals surface area (Å²) in [7, 11) is 0. The minimum atomic E-state index is -4.75. The summed E-state index contributed by atoms with van der Waals surface area (Å²) in [6.07, 6.45) is -4.33. The Morgan fingerprint density at radius 1 is 1.33 bits per heavy atom. The first-order chi connectivity index (χ1) is 9.66. The molecule has 0 saturated heterocycles. The first-order valence-electron chi connectivity index (χ1n) is 6.04. The molecule has 21 heavy (non-hydrogen) atoms. The zero-order valence-electron chi connectivity index (χ0n) is 11.1. The SMILES string of the molecule is CCCN(CC(=O)O)C(=O)c1ccc(Cl)cc1C(F)(F)F. The van der Waals surface area contributed by atoms with Crippen molar-refractivity contribution in [3.8, 4) is 0 Å². The second-order valence-electron chi connectivity index (χ2n) is 4.31. The van der Waals surface area contributed by atoms with E-state index in [4.69, 9.17) is 16.7 Å². The van der Waals surface area contributed by atoms with E-state index in [1.54, 1.807) is 6.92 Å². The number of amides is 1. The van der Waals surface area contributed by atoms with Gasteiger partial charge in [0, 0.05) is 11.6 Å². The third-order valence-electron chi connectivity index (χ3n) is 2.62. The van der Waals surface area contributed by atoms with Crippen LogP contribution in [0.2, 0.25) is 5.02 Å². The Hall–Kier alpha value is -1.76. The minimum Gasteiger partial charge on any atom is -0.480 e. The smallest absolute Gasteiger partial charge is 0.417 e. The average molecular weight is 324 g/mol. The molecule has 0 aliphatic heterocycles. The number of carbonyl (C=O) groups is 2. The topological polar surface area (TPSA) is 57.6 Å². The summed E-state index contributed by atoms with van der Waals surface area (Å²) in [4.78, 5) is 23.7. The second kappa shape index (κ2) is 6.80. The van der Waals surface area contributed by atoms with E-state index in [1.165, 1.54) is 0 Å². The summed E-state index contributed by atoms with van der Waals surface area (Å²) in [6.45, 7) is 1.08. The van der Waals surface area contributed by atoms with Gasteiger partial charge in [-0.15, -0.1) is 0 Å². The molecule has 1 rings (SSSR count). The lowest BCUT2D eigenvalue weighted by Crippen LogP contribution is -2.37. The monoisotopic (exact) mass is 323 g/mol. The molecule has 0 spiro atoms. The Bertz CT molecular complexity index is 546. The van der Waals surface area contributed by atoms with Crippen molar-refractivity contribution >= 4 is 23.5 Å². The van der Waals surface area contributed by atoms with Crippen LogP contribution in [0, 0.1) is 0 Å². The molecular weight excluding hydrogens is 311 g/mol. The van der Waals surface area contributed by atoms with Crippen LogP contribution in [0.4, 0.5) is 13.2 Å². The zero-order valence-corrected chi connectivity index (χ0v) is 11.8. The molecule has 0 aromatic heterocycles. The van der Waals surface area contributed by atoms with Gasteiger partial charge in [-0.05, 0) is 24.6 Å². The molecule has 1 amide bonds. The fourth-order valence-electron chi connectivity index (χ4n) is 1.79. The van der Waals surface area contributed by atoms with Gasteiger partial charge in [0.25, 0.3) is 5.91 Å². The summed E-state index contributed by atoms with van der Waals surface area (Å²) in [5, 5.41) is 8.59. The Labute approximate surface area is 124 Å². The first-order valence-corrected chi connectivity index (χ1v) is 6.42. The molecule has 1 aromatic carbocycles. The molecule has 0 atom stereocenters. The lowest BCUT2D eigenvalue weighted by Gasteiger charge is -2.22. The van der Waals surface area contributed by atoms with Gasteiger partial charge in [-0.2, -0.15) is 13.2 Å². The number of aliphatic carboxylic acids is 1. The largest absolute Gasteiger partial charge is 0.480 e. The van der Waals surface area contributed by atoms with Crippen LogP contribution >= 0.6 is 11.6 Å². The Morgan fingerprint density at radius 3 is 2.43 bits per heavy atom. The number of rotatable bonds is 5. The Balaban J connectivity index is 3.24. The van der Waals surface area contributed by atoms with Gasteiger partial charge in [0.2, 0.25) is 0 Å². The van der Waals surface area contributed by atoms with E-state index >= 15 is 0 Å². The van der Waals surface area contributed by atoms with E-state index in [1.807, 2.05) is 0 Å².